The molecule has 1 saturated heterocycles. The summed E-state index contributed by atoms with van der Waals surface area (Å²) >= 11 is 0. The number of hydrogen-bond acceptors (Lipinski definition) is 2. The summed E-state index contributed by atoms with van der Waals surface area (Å²) in [4.78, 5) is 27.4. The molecule has 2 fully saturated rings. The summed E-state index contributed by atoms with van der Waals surface area (Å²) < 4.78 is 37.7. The van der Waals surface area contributed by atoms with Gasteiger partial charge < -0.3 is 15.1 Å². The second kappa shape index (κ2) is 7.17. The Balaban J connectivity index is 1.45. The molecule has 142 valence electrons. The van der Waals surface area contributed by atoms with Gasteiger partial charge >= 0.3 is 12.2 Å². The van der Waals surface area contributed by atoms with Crippen LogP contribution < -0.4 is 5.32 Å². The number of likely N-dealkylation sites (tertiary alicyclic amines) is 1. The molecule has 1 aromatic rings. The van der Waals surface area contributed by atoms with Gasteiger partial charge in [0.25, 0.3) is 0 Å². The van der Waals surface area contributed by atoms with Gasteiger partial charge in [0.15, 0.2) is 0 Å². The Morgan fingerprint density at radius 1 is 1.27 bits per heavy atom. The molecule has 3 amide bonds. The number of carbonyl (C=O) groups is 2. The Kier molecular flexibility index (Phi) is 5.11. The molecule has 1 saturated carbocycles. The summed E-state index contributed by atoms with van der Waals surface area (Å²) in [6.45, 7) is 1.32. The van der Waals surface area contributed by atoms with E-state index >= 15 is 0 Å². The fourth-order valence-electron chi connectivity index (χ4n) is 3.20. The molecular formula is C18H22F3N3O2. The van der Waals surface area contributed by atoms with E-state index in [1.54, 1.807) is 7.05 Å². The zero-order valence-electron chi connectivity index (χ0n) is 14.6. The van der Waals surface area contributed by atoms with E-state index in [9.17, 15) is 22.8 Å². The molecule has 1 heterocycles. The minimum absolute atomic E-state index is 0.117. The quantitative estimate of drug-likeness (QED) is 0.868. The fourth-order valence-corrected chi connectivity index (χ4v) is 3.20. The maximum atomic E-state index is 12.6. The Morgan fingerprint density at radius 2 is 1.92 bits per heavy atom. The molecule has 1 atom stereocenters. The highest BCUT2D eigenvalue weighted by molar-refractivity contribution is 5.79. The second-order valence-electron chi connectivity index (χ2n) is 7.08. The van der Waals surface area contributed by atoms with E-state index in [1.165, 1.54) is 17.0 Å². The predicted octanol–water partition coefficient (Wildman–Crippen LogP) is 2.86. The van der Waals surface area contributed by atoms with Crippen LogP contribution in [0.2, 0.25) is 0 Å². The molecule has 1 aliphatic carbocycles. The lowest BCUT2D eigenvalue weighted by molar-refractivity contribution is -0.137. The molecule has 5 nitrogen and oxygen atoms in total. The molecule has 1 aliphatic heterocycles. The lowest BCUT2D eigenvalue weighted by Gasteiger charge is -2.20. The van der Waals surface area contributed by atoms with E-state index in [0.717, 1.165) is 25.0 Å². The minimum Gasteiger partial charge on any atom is -0.339 e. The normalized spacial score (nSPS) is 20.4. The first-order valence-corrected chi connectivity index (χ1v) is 8.68. The van der Waals surface area contributed by atoms with Crippen LogP contribution in [-0.2, 0) is 17.5 Å². The van der Waals surface area contributed by atoms with E-state index in [2.05, 4.69) is 5.32 Å². The number of nitrogens with one attached hydrogen (secondary N) is 1. The third-order valence-electron chi connectivity index (χ3n) is 4.82. The van der Waals surface area contributed by atoms with Gasteiger partial charge in [-0.05, 0) is 30.5 Å². The summed E-state index contributed by atoms with van der Waals surface area (Å²) in [5, 5.41) is 2.81. The molecule has 0 bridgehead atoms. The highest BCUT2D eigenvalue weighted by atomic mass is 19.4. The highest BCUT2D eigenvalue weighted by Gasteiger charge is 2.39. The fraction of sp³-hybridized carbons (Fsp3) is 0.556. The average molecular weight is 369 g/mol. The molecule has 8 heteroatoms. The zero-order valence-corrected chi connectivity index (χ0v) is 14.6. The van der Waals surface area contributed by atoms with Crippen LogP contribution in [-0.4, -0.2) is 47.9 Å². The lowest BCUT2D eigenvalue weighted by atomic mass is 10.1. The van der Waals surface area contributed by atoms with Crippen molar-refractivity contribution in [1.82, 2.24) is 15.1 Å². The van der Waals surface area contributed by atoms with Crippen LogP contribution in [0.4, 0.5) is 18.0 Å². The van der Waals surface area contributed by atoms with Gasteiger partial charge in [-0.3, -0.25) is 4.79 Å². The van der Waals surface area contributed by atoms with E-state index in [1.807, 2.05) is 4.90 Å². The van der Waals surface area contributed by atoms with Crippen molar-refractivity contribution < 1.29 is 22.8 Å². The Bertz CT molecular complexity index is 671. The summed E-state index contributed by atoms with van der Waals surface area (Å²) in [6.07, 6.45) is -1.77. The molecule has 3 rings (SSSR count). The van der Waals surface area contributed by atoms with Crippen LogP contribution in [0.5, 0.6) is 0 Å². The third-order valence-corrected chi connectivity index (χ3v) is 4.82. The zero-order chi connectivity index (χ0) is 18.9. The minimum atomic E-state index is -4.37. The van der Waals surface area contributed by atoms with Gasteiger partial charge in [-0.1, -0.05) is 12.1 Å². The molecule has 0 spiro atoms. The van der Waals surface area contributed by atoms with Crippen LogP contribution in [0.15, 0.2) is 24.3 Å². The van der Waals surface area contributed by atoms with Crippen LogP contribution in [0, 0.1) is 5.92 Å². The molecule has 0 unspecified atom stereocenters. The number of amides is 3. The van der Waals surface area contributed by atoms with E-state index in [-0.39, 0.29) is 24.4 Å². The molecular weight excluding hydrogens is 347 g/mol. The molecule has 0 aromatic heterocycles. The summed E-state index contributed by atoms with van der Waals surface area (Å²) in [5.74, 6) is 0.274. The van der Waals surface area contributed by atoms with Crippen molar-refractivity contribution in [2.24, 2.45) is 5.92 Å². The Hall–Kier alpha value is -2.25. The molecule has 26 heavy (non-hydrogen) atoms. The molecule has 2 aliphatic rings. The van der Waals surface area contributed by atoms with Gasteiger partial charge in [0, 0.05) is 45.1 Å². The number of nitrogens with zero attached hydrogens (tertiary/aromatic N) is 2. The summed E-state index contributed by atoms with van der Waals surface area (Å²) in [7, 11) is 1.59. The SMILES string of the molecule is CN(Cc1ccc(C(F)(F)F)cc1)C(=O)NC[C@H]1CC(=O)N(C2CC2)C1. The average Bonchev–Trinajstić information content (AvgIpc) is 3.35. The van der Waals surface area contributed by atoms with Crippen molar-refractivity contribution >= 4 is 11.9 Å². The van der Waals surface area contributed by atoms with Gasteiger partial charge in [-0.2, -0.15) is 13.2 Å². The number of halogens is 3. The lowest BCUT2D eigenvalue weighted by Crippen LogP contribution is -2.39. The molecule has 0 radical (unpaired) electrons. The maximum Gasteiger partial charge on any atom is 0.416 e. The third kappa shape index (κ3) is 4.47. The predicted molar refractivity (Wildman–Crippen MR) is 89.2 cm³/mol. The number of benzene rings is 1. The number of urea groups is 1. The highest BCUT2D eigenvalue weighted by Crippen LogP contribution is 2.32. The summed E-state index contributed by atoms with van der Waals surface area (Å²) in [6, 6.07) is 4.86. The number of alkyl halides is 3. The van der Waals surface area contributed by atoms with Gasteiger partial charge in [0.2, 0.25) is 5.91 Å². The van der Waals surface area contributed by atoms with Crippen molar-refractivity contribution in [1.29, 1.82) is 0 Å². The monoisotopic (exact) mass is 369 g/mol. The molecule has 1 aromatic carbocycles. The number of hydrogen-bond donors (Lipinski definition) is 1. The van der Waals surface area contributed by atoms with Crippen molar-refractivity contribution in [2.75, 3.05) is 20.1 Å². The van der Waals surface area contributed by atoms with Crippen LogP contribution >= 0.6 is 0 Å². The van der Waals surface area contributed by atoms with Crippen LogP contribution in [0.25, 0.3) is 0 Å². The maximum absolute atomic E-state index is 12.6. The van der Waals surface area contributed by atoms with Gasteiger partial charge in [-0.25, -0.2) is 4.79 Å². The first kappa shape index (κ1) is 18.5. The number of rotatable bonds is 5. The second-order valence-corrected chi connectivity index (χ2v) is 7.08. The Labute approximate surface area is 150 Å². The largest absolute Gasteiger partial charge is 0.416 e. The topological polar surface area (TPSA) is 52.7 Å². The standard InChI is InChI=1S/C18H22F3N3O2/c1-23(10-12-2-4-14(5-3-12)18(19,20)21)17(26)22-9-13-8-16(25)24(11-13)15-6-7-15/h2-5,13,15H,6-11H2,1H3,(H,22,26)/t13-/m1/s1. The Morgan fingerprint density at radius 3 is 2.50 bits per heavy atom. The van der Waals surface area contributed by atoms with E-state index < -0.39 is 11.7 Å². The smallest absolute Gasteiger partial charge is 0.339 e. The van der Waals surface area contributed by atoms with Crippen molar-refractivity contribution in [3.63, 3.8) is 0 Å². The van der Waals surface area contributed by atoms with Crippen molar-refractivity contribution in [3.05, 3.63) is 35.4 Å². The number of carbonyl (C=O) groups excluding carboxylic acids is 2. The first-order chi connectivity index (χ1) is 12.2. The summed E-state index contributed by atoms with van der Waals surface area (Å²) in [5.41, 5.74) is -0.0916. The van der Waals surface area contributed by atoms with E-state index in [4.69, 9.17) is 0 Å². The first-order valence-electron chi connectivity index (χ1n) is 8.68. The van der Waals surface area contributed by atoms with Gasteiger partial charge in [0.1, 0.15) is 0 Å². The van der Waals surface area contributed by atoms with Crippen molar-refractivity contribution in [3.8, 4) is 0 Å². The van der Waals surface area contributed by atoms with E-state index in [0.29, 0.717) is 31.1 Å². The van der Waals surface area contributed by atoms with Crippen LogP contribution in [0.3, 0.4) is 0 Å². The van der Waals surface area contributed by atoms with Gasteiger partial charge in [0.05, 0.1) is 5.56 Å². The van der Waals surface area contributed by atoms with Crippen molar-refractivity contribution in [2.45, 2.75) is 38.0 Å². The molecule has 1 N–H and O–H groups in total. The van der Waals surface area contributed by atoms with Crippen LogP contribution in [0.1, 0.15) is 30.4 Å². The van der Waals surface area contributed by atoms with Gasteiger partial charge in [-0.15, -0.1) is 0 Å².